The molecule has 0 amide bonds. The second-order valence-corrected chi connectivity index (χ2v) is 7.49. The first kappa shape index (κ1) is 18.4. The highest BCUT2D eigenvalue weighted by molar-refractivity contribution is 7.22. The lowest BCUT2D eigenvalue weighted by molar-refractivity contribution is 0.0178. The Morgan fingerprint density at radius 3 is 2.43 bits per heavy atom. The molecular formula is C22H15F3O2S. The van der Waals surface area contributed by atoms with E-state index in [1.165, 1.54) is 23.5 Å². The Kier molecular flexibility index (Phi) is 4.51. The number of alkyl halides is 2. The standard InChI is InChI=1S/C22H15F3O2S/c1-22(24,25)18-11-13(23)7-9-16(18)21-20(27-15-5-3-2-4-6-15)17-10-8-14(26)12-19(17)28-21/h2-12,26H,1H3. The molecule has 0 fully saturated rings. The van der Waals surface area contributed by atoms with Gasteiger partial charge in [-0.3, -0.25) is 0 Å². The van der Waals surface area contributed by atoms with Gasteiger partial charge in [-0.2, -0.15) is 0 Å². The number of aromatic hydroxyl groups is 1. The van der Waals surface area contributed by atoms with E-state index in [-0.39, 0.29) is 11.3 Å². The Morgan fingerprint density at radius 1 is 0.964 bits per heavy atom. The molecule has 142 valence electrons. The zero-order valence-electron chi connectivity index (χ0n) is 14.7. The summed E-state index contributed by atoms with van der Waals surface area (Å²) in [7, 11) is 0. The molecule has 0 radical (unpaired) electrons. The fraction of sp³-hybridized carbons (Fsp3) is 0.0909. The van der Waals surface area contributed by atoms with Gasteiger partial charge in [-0.05, 0) is 42.5 Å². The number of phenolic OH excluding ortho intramolecular Hbond substituents is 1. The van der Waals surface area contributed by atoms with Crippen LogP contribution in [-0.4, -0.2) is 5.11 Å². The van der Waals surface area contributed by atoms with E-state index in [0.29, 0.717) is 26.5 Å². The number of para-hydroxylation sites is 1. The van der Waals surface area contributed by atoms with Gasteiger partial charge >= 0.3 is 0 Å². The minimum atomic E-state index is -3.24. The molecule has 4 rings (SSSR count). The highest BCUT2D eigenvalue weighted by atomic mass is 32.1. The van der Waals surface area contributed by atoms with Crippen molar-refractivity contribution in [2.45, 2.75) is 12.8 Å². The summed E-state index contributed by atoms with van der Waals surface area (Å²) in [6, 6.07) is 17.0. The van der Waals surface area contributed by atoms with E-state index in [9.17, 15) is 18.3 Å². The minimum Gasteiger partial charge on any atom is -0.508 e. The van der Waals surface area contributed by atoms with Gasteiger partial charge in [0.05, 0.1) is 4.88 Å². The quantitative estimate of drug-likeness (QED) is 0.389. The van der Waals surface area contributed by atoms with Crippen molar-refractivity contribution >= 4 is 21.4 Å². The van der Waals surface area contributed by atoms with Gasteiger partial charge < -0.3 is 9.84 Å². The van der Waals surface area contributed by atoms with E-state index in [0.717, 1.165) is 19.1 Å². The fourth-order valence-electron chi connectivity index (χ4n) is 3.02. The Bertz CT molecular complexity index is 1150. The summed E-state index contributed by atoms with van der Waals surface area (Å²) < 4.78 is 48.9. The molecular weight excluding hydrogens is 385 g/mol. The molecule has 0 saturated heterocycles. The van der Waals surface area contributed by atoms with Crippen molar-refractivity contribution in [3.63, 3.8) is 0 Å². The van der Waals surface area contributed by atoms with Gasteiger partial charge in [-0.25, -0.2) is 13.2 Å². The number of thiophene rings is 1. The van der Waals surface area contributed by atoms with Crippen LogP contribution >= 0.6 is 11.3 Å². The number of ether oxygens (including phenoxy) is 1. The van der Waals surface area contributed by atoms with Gasteiger partial charge in [0, 0.05) is 28.1 Å². The van der Waals surface area contributed by atoms with Crippen LogP contribution in [0.3, 0.4) is 0 Å². The molecule has 28 heavy (non-hydrogen) atoms. The lowest BCUT2D eigenvalue weighted by Crippen LogP contribution is -2.09. The molecule has 0 unspecified atom stereocenters. The van der Waals surface area contributed by atoms with E-state index in [1.54, 1.807) is 36.4 Å². The maximum Gasteiger partial charge on any atom is 0.271 e. The zero-order chi connectivity index (χ0) is 19.9. The average molecular weight is 400 g/mol. The van der Waals surface area contributed by atoms with Crippen LogP contribution in [0.1, 0.15) is 12.5 Å². The second kappa shape index (κ2) is 6.87. The Morgan fingerprint density at radius 2 is 1.71 bits per heavy atom. The van der Waals surface area contributed by atoms with Crippen LogP contribution < -0.4 is 4.74 Å². The molecule has 0 atom stereocenters. The first-order valence-electron chi connectivity index (χ1n) is 8.49. The van der Waals surface area contributed by atoms with Gasteiger partial charge in [0.25, 0.3) is 5.92 Å². The molecule has 0 saturated carbocycles. The predicted molar refractivity (Wildman–Crippen MR) is 105 cm³/mol. The Labute approximate surface area is 163 Å². The first-order chi connectivity index (χ1) is 13.3. The maximum atomic E-state index is 14.2. The molecule has 3 aromatic carbocycles. The van der Waals surface area contributed by atoms with Gasteiger partial charge in [0.2, 0.25) is 0 Å². The van der Waals surface area contributed by atoms with E-state index in [4.69, 9.17) is 4.74 Å². The number of hydrogen-bond donors (Lipinski definition) is 1. The minimum absolute atomic E-state index is 0.0618. The fourth-order valence-corrected chi connectivity index (χ4v) is 4.23. The number of halogens is 3. The summed E-state index contributed by atoms with van der Waals surface area (Å²) in [5, 5.41) is 10.5. The second-order valence-electron chi connectivity index (χ2n) is 6.43. The van der Waals surface area contributed by atoms with Crippen molar-refractivity contribution in [1.82, 2.24) is 0 Å². The zero-order valence-corrected chi connectivity index (χ0v) is 15.6. The van der Waals surface area contributed by atoms with E-state index >= 15 is 0 Å². The van der Waals surface area contributed by atoms with Crippen LogP contribution in [0.25, 0.3) is 20.5 Å². The number of fused-ring (bicyclic) bond motifs is 1. The summed E-state index contributed by atoms with van der Waals surface area (Å²) in [5.74, 6) is -2.97. The van der Waals surface area contributed by atoms with Crippen LogP contribution in [0.4, 0.5) is 13.2 Å². The van der Waals surface area contributed by atoms with Crippen LogP contribution in [-0.2, 0) is 5.92 Å². The van der Waals surface area contributed by atoms with E-state index in [2.05, 4.69) is 0 Å². The van der Waals surface area contributed by atoms with E-state index < -0.39 is 17.3 Å². The smallest absolute Gasteiger partial charge is 0.271 e. The molecule has 6 heteroatoms. The number of rotatable bonds is 4. The van der Waals surface area contributed by atoms with E-state index in [1.807, 2.05) is 6.07 Å². The maximum absolute atomic E-state index is 14.2. The number of benzene rings is 3. The number of phenols is 1. The third-order valence-corrected chi connectivity index (χ3v) is 5.46. The van der Waals surface area contributed by atoms with Crippen molar-refractivity contribution in [2.24, 2.45) is 0 Å². The van der Waals surface area contributed by atoms with Crippen molar-refractivity contribution in [3.8, 4) is 27.7 Å². The lowest BCUT2D eigenvalue weighted by Gasteiger charge is -2.16. The summed E-state index contributed by atoms with van der Waals surface area (Å²) in [5.41, 5.74) is -0.221. The van der Waals surface area contributed by atoms with Crippen LogP contribution in [0.2, 0.25) is 0 Å². The Hall–Kier alpha value is -2.99. The van der Waals surface area contributed by atoms with Crippen molar-refractivity contribution in [3.05, 3.63) is 78.1 Å². The summed E-state index contributed by atoms with van der Waals surface area (Å²) in [6.07, 6.45) is 0. The van der Waals surface area contributed by atoms with Crippen LogP contribution in [0, 0.1) is 5.82 Å². The molecule has 2 nitrogen and oxygen atoms in total. The largest absolute Gasteiger partial charge is 0.508 e. The third kappa shape index (κ3) is 3.43. The van der Waals surface area contributed by atoms with Crippen LogP contribution in [0.5, 0.6) is 17.2 Å². The molecule has 1 aromatic heterocycles. The highest BCUT2D eigenvalue weighted by Crippen LogP contribution is 2.49. The topological polar surface area (TPSA) is 29.5 Å². The monoisotopic (exact) mass is 400 g/mol. The van der Waals surface area contributed by atoms with Crippen LogP contribution in [0.15, 0.2) is 66.7 Å². The molecule has 0 spiro atoms. The molecule has 1 heterocycles. The average Bonchev–Trinajstić information content (AvgIpc) is 2.99. The number of hydrogen-bond acceptors (Lipinski definition) is 3. The molecule has 4 aromatic rings. The molecule has 0 aliphatic rings. The van der Waals surface area contributed by atoms with Crippen molar-refractivity contribution in [2.75, 3.05) is 0 Å². The molecule has 0 bridgehead atoms. The lowest BCUT2D eigenvalue weighted by atomic mass is 10.00. The SMILES string of the molecule is CC(F)(F)c1cc(F)ccc1-c1sc2cc(O)ccc2c1Oc1ccccc1. The predicted octanol–water partition coefficient (Wildman–Crippen LogP) is 7.32. The summed E-state index contributed by atoms with van der Waals surface area (Å²) in [4.78, 5) is 0.445. The molecule has 0 aliphatic heterocycles. The van der Waals surface area contributed by atoms with Gasteiger partial charge in [-0.15, -0.1) is 11.3 Å². The Balaban J connectivity index is 1.98. The first-order valence-corrected chi connectivity index (χ1v) is 9.31. The van der Waals surface area contributed by atoms with Crippen molar-refractivity contribution < 1.29 is 23.0 Å². The summed E-state index contributed by atoms with van der Waals surface area (Å²) >= 11 is 1.21. The molecule has 0 aliphatic carbocycles. The molecule has 1 N–H and O–H groups in total. The van der Waals surface area contributed by atoms with Gasteiger partial charge in [-0.1, -0.05) is 24.3 Å². The van der Waals surface area contributed by atoms with Crippen molar-refractivity contribution in [1.29, 1.82) is 0 Å². The van der Waals surface area contributed by atoms with Gasteiger partial charge in [0.1, 0.15) is 17.3 Å². The summed E-state index contributed by atoms with van der Waals surface area (Å²) in [6.45, 7) is 0.738. The highest BCUT2D eigenvalue weighted by Gasteiger charge is 2.31. The van der Waals surface area contributed by atoms with Gasteiger partial charge in [0.15, 0.2) is 5.75 Å². The third-order valence-electron chi connectivity index (χ3n) is 4.29. The normalized spacial score (nSPS) is 11.7.